The third-order valence-electron chi connectivity index (χ3n) is 2.42. The molecule has 102 valence electrons. The number of rotatable bonds is 6. The van der Waals surface area contributed by atoms with Gasteiger partial charge >= 0.3 is 0 Å². The van der Waals surface area contributed by atoms with Crippen LogP contribution >= 0.6 is 11.6 Å². The average Bonchev–Trinajstić information content (AvgIpc) is 2.89. The minimum absolute atomic E-state index is 0.220. The first-order chi connectivity index (χ1) is 9.30. The van der Waals surface area contributed by atoms with Crippen molar-refractivity contribution in [3.05, 3.63) is 24.0 Å². The van der Waals surface area contributed by atoms with Crippen LogP contribution in [0.2, 0.25) is 0 Å². The molecule has 0 saturated carbocycles. The minimum Gasteiger partial charge on any atom is -0.494 e. The smallest absolute Gasteiger partial charge is 0.171 e. The van der Waals surface area contributed by atoms with Crippen LogP contribution in [0.5, 0.6) is 11.5 Å². The van der Waals surface area contributed by atoms with Crippen LogP contribution in [0.3, 0.4) is 0 Å². The van der Waals surface area contributed by atoms with Gasteiger partial charge in [-0.15, -0.1) is 16.7 Å². The molecule has 0 aliphatic heterocycles. The Balaban J connectivity index is 2.48. The number of tetrazole rings is 1. The molecule has 1 aromatic carbocycles. The SMILES string of the molecule is CCOc1ccc(OCC)c(-n2nnnc2CCl)c1. The van der Waals surface area contributed by atoms with Gasteiger partial charge in [0.2, 0.25) is 0 Å². The van der Waals surface area contributed by atoms with Gasteiger partial charge in [-0.3, -0.25) is 0 Å². The Morgan fingerprint density at radius 3 is 2.68 bits per heavy atom. The van der Waals surface area contributed by atoms with Crippen LogP contribution in [-0.2, 0) is 5.88 Å². The van der Waals surface area contributed by atoms with Crippen LogP contribution in [0, 0.1) is 0 Å². The van der Waals surface area contributed by atoms with E-state index in [-0.39, 0.29) is 5.88 Å². The molecule has 0 aliphatic carbocycles. The maximum atomic E-state index is 5.82. The summed E-state index contributed by atoms with van der Waals surface area (Å²) in [5.74, 6) is 2.19. The Morgan fingerprint density at radius 1 is 1.21 bits per heavy atom. The molecule has 0 saturated heterocycles. The van der Waals surface area contributed by atoms with Crippen LogP contribution in [0.4, 0.5) is 0 Å². The van der Waals surface area contributed by atoms with Crippen molar-refractivity contribution >= 4 is 11.6 Å². The van der Waals surface area contributed by atoms with E-state index in [0.717, 1.165) is 5.75 Å². The number of aromatic nitrogens is 4. The summed E-state index contributed by atoms with van der Waals surface area (Å²) in [6.07, 6.45) is 0. The number of ether oxygens (including phenoxy) is 2. The maximum absolute atomic E-state index is 5.82. The molecule has 0 unspecified atom stereocenters. The highest BCUT2D eigenvalue weighted by Gasteiger charge is 2.13. The summed E-state index contributed by atoms with van der Waals surface area (Å²) in [6.45, 7) is 4.99. The first-order valence-electron chi connectivity index (χ1n) is 6.03. The largest absolute Gasteiger partial charge is 0.494 e. The molecule has 1 heterocycles. The van der Waals surface area contributed by atoms with E-state index in [4.69, 9.17) is 21.1 Å². The molecular formula is C12H15ClN4O2. The van der Waals surface area contributed by atoms with E-state index >= 15 is 0 Å². The number of halogens is 1. The van der Waals surface area contributed by atoms with E-state index in [1.54, 1.807) is 4.68 Å². The van der Waals surface area contributed by atoms with Crippen molar-refractivity contribution in [3.63, 3.8) is 0 Å². The second kappa shape index (κ2) is 6.38. The van der Waals surface area contributed by atoms with Crippen molar-refractivity contribution in [1.82, 2.24) is 20.2 Å². The summed E-state index contributed by atoms with van der Waals surface area (Å²) < 4.78 is 12.6. The molecule has 0 amide bonds. The molecule has 0 N–H and O–H groups in total. The summed E-state index contributed by atoms with van der Waals surface area (Å²) >= 11 is 5.82. The molecule has 0 bridgehead atoms. The predicted molar refractivity (Wildman–Crippen MR) is 71.0 cm³/mol. The van der Waals surface area contributed by atoms with E-state index in [1.165, 1.54) is 0 Å². The summed E-state index contributed by atoms with van der Waals surface area (Å²) in [7, 11) is 0. The Morgan fingerprint density at radius 2 is 2.00 bits per heavy atom. The molecule has 0 fully saturated rings. The lowest BCUT2D eigenvalue weighted by atomic mass is 10.2. The van der Waals surface area contributed by atoms with Crippen LogP contribution in [-0.4, -0.2) is 33.4 Å². The van der Waals surface area contributed by atoms with Crippen molar-refractivity contribution in [2.45, 2.75) is 19.7 Å². The zero-order valence-corrected chi connectivity index (χ0v) is 11.6. The lowest BCUT2D eigenvalue weighted by molar-refractivity contribution is 0.329. The zero-order chi connectivity index (χ0) is 13.7. The van der Waals surface area contributed by atoms with Gasteiger partial charge in [-0.25, -0.2) is 0 Å². The fourth-order valence-electron chi connectivity index (χ4n) is 1.67. The average molecular weight is 283 g/mol. The van der Waals surface area contributed by atoms with Gasteiger partial charge in [-0.2, -0.15) is 4.68 Å². The Hall–Kier alpha value is -1.82. The predicted octanol–water partition coefficient (Wildman–Crippen LogP) is 2.20. The quantitative estimate of drug-likeness (QED) is 0.760. The van der Waals surface area contributed by atoms with Crippen molar-refractivity contribution < 1.29 is 9.47 Å². The highest BCUT2D eigenvalue weighted by atomic mass is 35.5. The number of alkyl halides is 1. The van der Waals surface area contributed by atoms with Crippen molar-refractivity contribution in [1.29, 1.82) is 0 Å². The van der Waals surface area contributed by atoms with E-state index in [0.29, 0.717) is 30.5 Å². The Bertz CT molecular complexity index is 544. The molecule has 7 heteroatoms. The molecule has 2 aromatic rings. The molecule has 0 spiro atoms. The van der Waals surface area contributed by atoms with E-state index < -0.39 is 0 Å². The number of hydrogen-bond donors (Lipinski definition) is 0. The van der Waals surface area contributed by atoms with Crippen molar-refractivity contribution in [3.8, 4) is 17.2 Å². The van der Waals surface area contributed by atoms with Crippen LogP contribution in [0.1, 0.15) is 19.7 Å². The number of hydrogen-bond acceptors (Lipinski definition) is 5. The summed E-state index contributed by atoms with van der Waals surface area (Å²) in [6, 6.07) is 5.52. The second-order valence-electron chi connectivity index (χ2n) is 3.64. The van der Waals surface area contributed by atoms with Crippen LogP contribution in [0.25, 0.3) is 5.69 Å². The molecule has 1 aromatic heterocycles. The van der Waals surface area contributed by atoms with Gasteiger partial charge in [0.1, 0.15) is 17.2 Å². The normalized spacial score (nSPS) is 10.5. The van der Waals surface area contributed by atoms with Crippen molar-refractivity contribution in [2.75, 3.05) is 13.2 Å². The number of benzene rings is 1. The highest BCUT2D eigenvalue weighted by molar-refractivity contribution is 6.16. The van der Waals surface area contributed by atoms with Gasteiger partial charge in [0, 0.05) is 6.07 Å². The van der Waals surface area contributed by atoms with Gasteiger partial charge in [0.05, 0.1) is 19.1 Å². The summed E-state index contributed by atoms with van der Waals surface area (Å²) in [5, 5.41) is 11.4. The first kappa shape index (κ1) is 13.6. The minimum atomic E-state index is 0.220. The maximum Gasteiger partial charge on any atom is 0.171 e. The van der Waals surface area contributed by atoms with Gasteiger partial charge in [-0.1, -0.05) is 0 Å². The molecule has 6 nitrogen and oxygen atoms in total. The van der Waals surface area contributed by atoms with E-state index in [9.17, 15) is 0 Å². The molecular weight excluding hydrogens is 268 g/mol. The molecule has 19 heavy (non-hydrogen) atoms. The van der Waals surface area contributed by atoms with Gasteiger partial charge in [0.15, 0.2) is 5.82 Å². The van der Waals surface area contributed by atoms with Crippen molar-refractivity contribution in [2.24, 2.45) is 0 Å². The first-order valence-corrected chi connectivity index (χ1v) is 6.56. The topological polar surface area (TPSA) is 62.1 Å². The van der Waals surface area contributed by atoms with Crippen LogP contribution < -0.4 is 9.47 Å². The molecule has 2 rings (SSSR count). The third kappa shape index (κ3) is 2.96. The number of nitrogens with zero attached hydrogens (tertiary/aromatic N) is 4. The van der Waals surface area contributed by atoms with E-state index in [1.807, 2.05) is 32.0 Å². The summed E-state index contributed by atoms with van der Waals surface area (Å²) in [4.78, 5) is 0. The van der Waals surface area contributed by atoms with Gasteiger partial charge in [-0.05, 0) is 36.4 Å². The van der Waals surface area contributed by atoms with Crippen LogP contribution in [0.15, 0.2) is 18.2 Å². The monoisotopic (exact) mass is 282 g/mol. The lowest BCUT2D eigenvalue weighted by Crippen LogP contribution is -2.06. The lowest BCUT2D eigenvalue weighted by Gasteiger charge is -2.12. The molecule has 0 aliphatic rings. The van der Waals surface area contributed by atoms with Gasteiger partial charge in [0.25, 0.3) is 0 Å². The zero-order valence-electron chi connectivity index (χ0n) is 10.8. The third-order valence-corrected chi connectivity index (χ3v) is 2.66. The fraction of sp³-hybridized carbons (Fsp3) is 0.417. The molecule has 0 radical (unpaired) electrons. The van der Waals surface area contributed by atoms with Gasteiger partial charge < -0.3 is 9.47 Å². The Kier molecular flexibility index (Phi) is 4.57. The highest BCUT2D eigenvalue weighted by Crippen LogP contribution is 2.28. The van der Waals surface area contributed by atoms with E-state index in [2.05, 4.69) is 15.5 Å². The Labute approximate surface area is 116 Å². The molecule has 0 atom stereocenters. The fourth-order valence-corrected chi connectivity index (χ4v) is 1.84. The standard InChI is InChI=1S/C12H15ClN4O2/c1-3-18-9-5-6-11(19-4-2)10(7-9)17-12(8-13)14-15-16-17/h5-7H,3-4,8H2,1-2H3. The second-order valence-corrected chi connectivity index (χ2v) is 3.90. The summed E-state index contributed by atoms with van der Waals surface area (Å²) in [5.41, 5.74) is 0.716.